The first kappa shape index (κ1) is 41.3. The van der Waals surface area contributed by atoms with Crippen LogP contribution in [-0.2, 0) is 0 Å². The SMILES string of the molecule is N#Cc1ccccc1-c1cc2c3nc4nc(nc5c6ccccc6c(nc6nc(nc([nH]3)c2c(-c2ccccc2C#N)c1-c1ccccc1C#N)-c1ccccc1-6)n5-c1ccccc1C#N)-c1ccccc1-4. The molecule has 8 bridgehead atoms. The Balaban J connectivity index is 1.30. The van der Waals surface area contributed by atoms with Gasteiger partial charge in [0.05, 0.1) is 46.1 Å². The van der Waals surface area contributed by atoms with Gasteiger partial charge in [0.2, 0.25) is 0 Å². The molecular formula is C60H30N12. The van der Waals surface area contributed by atoms with Crippen LogP contribution in [0, 0.1) is 45.3 Å². The summed E-state index contributed by atoms with van der Waals surface area (Å²) in [4.78, 5) is 35.7. The van der Waals surface area contributed by atoms with Gasteiger partial charge in [0.25, 0.3) is 0 Å². The van der Waals surface area contributed by atoms with Crippen molar-refractivity contribution < 1.29 is 0 Å². The first-order valence-electron chi connectivity index (χ1n) is 22.9. The predicted octanol–water partition coefficient (Wildman–Crippen LogP) is 12.8. The van der Waals surface area contributed by atoms with E-state index < -0.39 is 0 Å². The molecule has 8 aromatic carbocycles. The summed E-state index contributed by atoms with van der Waals surface area (Å²) in [6.07, 6.45) is 0. The Labute approximate surface area is 410 Å². The summed E-state index contributed by atoms with van der Waals surface area (Å²) < 4.78 is 1.90. The van der Waals surface area contributed by atoms with E-state index >= 15 is 0 Å². The van der Waals surface area contributed by atoms with Crippen LogP contribution in [0.4, 0.5) is 0 Å². The van der Waals surface area contributed by atoms with Gasteiger partial charge in [0, 0.05) is 66.1 Å². The smallest absolute Gasteiger partial charge is 0.164 e. The maximum absolute atomic E-state index is 10.9. The van der Waals surface area contributed by atoms with Gasteiger partial charge in [-0.2, -0.15) is 21.0 Å². The number of H-pyrrole nitrogens is 1. The molecule has 1 N–H and O–H groups in total. The molecule has 12 nitrogen and oxygen atoms in total. The third-order valence-corrected chi connectivity index (χ3v) is 13.2. The monoisotopic (exact) mass is 918 g/mol. The summed E-state index contributed by atoms with van der Waals surface area (Å²) in [5, 5.41) is 45.6. The zero-order valence-corrected chi connectivity index (χ0v) is 37.7. The van der Waals surface area contributed by atoms with Crippen LogP contribution in [0.15, 0.2) is 176 Å². The van der Waals surface area contributed by atoms with E-state index in [-0.39, 0.29) is 0 Å². The quantitative estimate of drug-likeness (QED) is 0.177. The van der Waals surface area contributed by atoms with Crippen LogP contribution in [-0.4, -0.2) is 39.5 Å². The third-order valence-electron chi connectivity index (χ3n) is 13.2. The summed E-state index contributed by atoms with van der Waals surface area (Å²) in [6, 6.07) is 64.4. The van der Waals surface area contributed by atoms with Gasteiger partial charge in [-0.05, 0) is 47.5 Å². The molecule has 2 aliphatic rings. The number of para-hydroxylation sites is 1. The van der Waals surface area contributed by atoms with Crippen molar-refractivity contribution in [1.82, 2.24) is 39.5 Å². The molecule has 330 valence electrons. The van der Waals surface area contributed by atoms with E-state index in [1.54, 1.807) is 24.3 Å². The molecule has 0 spiro atoms. The Hall–Kier alpha value is -10.9. The minimum absolute atomic E-state index is 0.354. The number of nitriles is 4. The number of hydrogen-bond donors (Lipinski definition) is 1. The number of aromatic amines is 1. The van der Waals surface area contributed by atoms with Gasteiger partial charge in [-0.1, -0.05) is 140 Å². The average Bonchev–Trinajstić information content (AvgIpc) is 4.17. The zero-order chi connectivity index (χ0) is 48.5. The molecule has 0 atom stereocenters. The van der Waals surface area contributed by atoms with E-state index in [1.165, 1.54) is 0 Å². The van der Waals surface area contributed by atoms with Crippen LogP contribution < -0.4 is 0 Å². The van der Waals surface area contributed by atoms with Crippen LogP contribution in [0.2, 0.25) is 0 Å². The highest BCUT2D eigenvalue weighted by molar-refractivity contribution is 6.20. The molecule has 3 aromatic heterocycles. The van der Waals surface area contributed by atoms with Crippen molar-refractivity contribution in [1.29, 1.82) is 21.0 Å². The van der Waals surface area contributed by atoms with Crippen molar-refractivity contribution in [3.05, 3.63) is 198 Å². The molecule has 0 aliphatic carbocycles. The second kappa shape index (κ2) is 16.4. The topological polar surface area (TPSA) is 193 Å². The van der Waals surface area contributed by atoms with Gasteiger partial charge in [-0.3, -0.25) is 4.57 Å². The number of benzene rings is 8. The minimum Gasteiger partial charge on any atom is -0.324 e. The Bertz CT molecular complexity index is 4530. The van der Waals surface area contributed by atoms with Gasteiger partial charge >= 0.3 is 0 Å². The van der Waals surface area contributed by atoms with Gasteiger partial charge < -0.3 is 4.98 Å². The minimum atomic E-state index is 0.354. The van der Waals surface area contributed by atoms with E-state index in [9.17, 15) is 21.0 Å². The lowest BCUT2D eigenvalue weighted by atomic mass is 9.81. The molecule has 0 amide bonds. The van der Waals surface area contributed by atoms with E-state index in [2.05, 4.69) is 29.3 Å². The summed E-state index contributed by atoms with van der Waals surface area (Å²) in [6.45, 7) is 0. The first-order chi connectivity index (χ1) is 35.5. The maximum Gasteiger partial charge on any atom is 0.164 e. The van der Waals surface area contributed by atoms with Crippen LogP contribution in [0.25, 0.3) is 129 Å². The van der Waals surface area contributed by atoms with E-state index in [0.717, 1.165) is 27.5 Å². The molecule has 0 saturated carbocycles. The van der Waals surface area contributed by atoms with Gasteiger partial charge in [-0.15, -0.1) is 0 Å². The van der Waals surface area contributed by atoms with Crippen LogP contribution in [0.3, 0.4) is 0 Å². The van der Waals surface area contributed by atoms with E-state index in [1.807, 2.05) is 156 Å². The highest BCUT2D eigenvalue weighted by Gasteiger charge is 2.29. The highest BCUT2D eigenvalue weighted by atomic mass is 15.1. The number of nitrogens with one attached hydrogen (secondary N) is 1. The molecule has 11 aromatic rings. The number of aromatic nitrogens is 8. The van der Waals surface area contributed by atoms with Crippen molar-refractivity contribution in [2.75, 3.05) is 0 Å². The number of rotatable bonds is 4. The Kier molecular flexibility index (Phi) is 9.40. The molecule has 13 rings (SSSR count). The summed E-state index contributed by atoms with van der Waals surface area (Å²) in [5.74, 6) is 1.50. The zero-order valence-electron chi connectivity index (χ0n) is 37.7. The average molecular weight is 919 g/mol. The second-order valence-electron chi connectivity index (χ2n) is 17.1. The van der Waals surface area contributed by atoms with Crippen molar-refractivity contribution >= 4 is 44.1 Å². The molecule has 5 heterocycles. The fraction of sp³-hybridized carbons (Fsp3) is 0. The normalized spacial score (nSPS) is 11.3. The summed E-state index contributed by atoms with van der Waals surface area (Å²) in [7, 11) is 0. The molecule has 0 saturated heterocycles. The lowest BCUT2D eigenvalue weighted by Crippen LogP contribution is -2.00. The number of fused-ring (bicyclic) bond motifs is 20. The van der Waals surface area contributed by atoms with Crippen molar-refractivity contribution in [2.45, 2.75) is 0 Å². The van der Waals surface area contributed by atoms with Crippen LogP contribution in [0.5, 0.6) is 0 Å². The first-order valence-corrected chi connectivity index (χ1v) is 22.9. The Morgan fingerprint density at radius 2 is 0.722 bits per heavy atom. The van der Waals surface area contributed by atoms with Gasteiger partial charge in [-0.25, -0.2) is 29.9 Å². The largest absolute Gasteiger partial charge is 0.324 e. The lowest BCUT2D eigenvalue weighted by molar-refractivity contribution is 1.09. The van der Waals surface area contributed by atoms with E-state index in [0.29, 0.717) is 124 Å². The Morgan fingerprint density at radius 1 is 0.333 bits per heavy atom. The number of nitrogens with zero attached hydrogens (tertiary/aromatic N) is 11. The standard InChI is InChI=1S/C60H30N12/c61-30-34-15-1-5-19-38(34)47-29-48-52(51(40-21-7-3-17-36(40)32-63)50(47)39-20-6-2-16-35(39)31-62)58-68-54-42-23-9-11-25-44(42)56(66-54)71-60-46-27-13-12-26-45(46)59(72(60)49-28-14-4-18-37(49)33-64)70-55-43-24-10-8-22-41(43)53(65-55)67-57(48)69-58/h1-29H,(H,65,66,67,68,69,70,71). The molecule has 0 radical (unpaired) electrons. The lowest BCUT2D eigenvalue weighted by Gasteiger charge is -2.20. The van der Waals surface area contributed by atoms with Gasteiger partial charge in [0.1, 0.15) is 28.7 Å². The summed E-state index contributed by atoms with van der Waals surface area (Å²) in [5.41, 5.74) is 10.5. The molecule has 0 fully saturated rings. The van der Waals surface area contributed by atoms with Crippen LogP contribution >= 0.6 is 0 Å². The third kappa shape index (κ3) is 6.28. The molecule has 2 aliphatic heterocycles. The molecule has 0 unspecified atom stereocenters. The summed E-state index contributed by atoms with van der Waals surface area (Å²) >= 11 is 0. The maximum atomic E-state index is 10.9. The molecular weight excluding hydrogens is 889 g/mol. The van der Waals surface area contributed by atoms with Crippen molar-refractivity contribution in [3.8, 4) is 109 Å². The predicted molar refractivity (Wildman–Crippen MR) is 276 cm³/mol. The van der Waals surface area contributed by atoms with Crippen LogP contribution in [0.1, 0.15) is 22.3 Å². The van der Waals surface area contributed by atoms with Crippen molar-refractivity contribution in [3.63, 3.8) is 0 Å². The Morgan fingerprint density at radius 3 is 1.24 bits per heavy atom. The highest BCUT2D eigenvalue weighted by Crippen LogP contribution is 2.49. The van der Waals surface area contributed by atoms with Crippen molar-refractivity contribution in [2.24, 2.45) is 0 Å². The number of hydrogen-bond acceptors (Lipinski definition) is 10. The van der Waals surface area contributed by atoms with Gasteiger partial charge in [0.15, 0.2) is 23.3 Å². The fourth-order valence-corrected chi connectivity index (χ4v) is 10.1. The molecule has 12 heteroatoms. The second-order valence-corrected chi connectivity index (χ2v) is 17.1. The molecule has 72 heavy (non-hydrogen) atoms. The van der Waals surface area contributed by atoms with E-state index in [4.69, 9.17) is 29.9 Å². The fourth-order valence-electron chi connectivity index (χ4n) is 10.1.